The molecule has 0 bridgehead atoms. The minimum Gasteiger partial charge on any atom is -0.491 e. The van der Waals surface area contributed by atoms with Crippen molar-refractivity contribution in [2.24, 2.45) is 0 Å². The fourth-order valence-electron chi connectivity index (χ4n) is 1.37. The zero-order valence-electron chi connectivity index (χ0n) is 10.9. The van der Waals surface area contributed by atoms with Crippen LogP contribution in [0.1, 0.15) is 25.8 Å². The molecule has 0 spiro atoms. The molecule has 2 atom stereocenters. The molecule has 2 N–H and O–H groups in total. The van der Waals surface area contributed by atoms with E-state index in [0.717, 1.165) is 12.2 Å². The summed E-state index contributed by atoms with van der Waals surface area (Å²) in [7, 11) is 0. The Morgan fingerprint density at radius 2 is 1.94 bits per heavy atom. The molecular weight excluding hydrogens is 214 g/mol. The molecule has 0 fully saturated rings. The van der Waals surface area contributed by atoms with Crippen LogP contribution >= 0.6 is 0 Å². The summed E-state index contributed by atoms with van der Waals surface area (Å²) in [6.07, 6.45) is 0.594. The molecule has 1 rings (SSSR count). The van der Waals surface area contributed by atoms with Crippen molar-refractivity contribution in [3.8, 4) is 5.75 Å². The average molecular weight is 237 g/mol. The van der Waals surface area contributed by atoms with E-state index < -0.39 is 6.10 Å². The van der Waals surface area contributed by atoms with Crippen LogP contribution in [-0.4, -0.2) is 30.4 Å². The van der Waals surface area contributed by atoms with Gasteiger partial charge in [-0.2, -0.15) is 0 Å². The largest absolute Gasteiger partial charge is 0.491 e. The lowest BCUT2D eigenvalue weighted by Crippen LogP contribution is -2.36. The molecule has 3 heteroatoms. The number of aliphatic hydroxyl groups is 1. The van der Waals surface area contributed by atoms with Crippen LogP contribution in [0.2, 0.25) is 0 Å². The van der Waals surface area contributed by atoms with Gasteiger partial charge in [-0.1, -0.05) is 24.6 Å². The highest BCUT2D eigenvalue weighted by Gasteiger charge is 2.06. The molecule has 0 aromatic heterocycles. The van der Waals surface area contributed by atoms with Crippen LogP contribution < -0.4 is 10.1 Å². The lowest BCUT2D eigenvalue weighted by molar-refractivity contribution is 0.104. The second-order valence-electron chi connectivity index (χ2n) is 4.50. The molecule has 0 heterocycles. The summed E-state index contributed by atoms with van der Waals surface area (Å²) in [5, 5.41) is 13.0. The first-order chi connectivity index (χ1) is 8.11. The maximum atomic E-state index is 9.72. The third-order valence-electron chi connectivity index (χ3n) is 2.78. The third-order valence-corrected chi connectivity index (χ3v) is 2.78. The van der Waals surface area contributed by atoms with Gasteiger partial charge in [0.05, 0.1) is 0 Å². The van der Waals surface area contributed by atoms with E-state index in [1.165, 1.54) is 5.56 Å². The third kappa shape index (κ3) is 5.71. The Morgan fingerprint density at radius 3 is 2.53 bits per heavy atom. The summed E-state index contributed by atoms with van der Waals surface area (Å²) in [4.78, 5) is 0. The van der Waals surface area contributed by atoms with Gasteiger partial charge >= 0.3 is 0 Å². The highest BCUT2D eigenvalue weighted by molar-refractivity contribution is 5.26. The van der Waals surface area contributed by atoms with Crippen LogP contribution in [0.4, 0.5) is 0 Å². The SMILES string of the molecule is CC[C@@H](C)NC[C@H](O)COc1ccc(C)cc1. The van der Waals surface area contributed by atoms with Gasteiger partial charge in [0.2, 0.25) is 0 Å². The predicted molar refractivity (Wildman–Crippen MR) is 70.4 cm³/mol. The zero-order valence-corrected chi connectivity index (χ0v) is 10.9. The summed E-state index contributed by atoms with van der Waals surface area (Å²) in [6, 6.07) is 8.27. The van der Waals surface area contributed by atoms with Gasteiger partial charge in [0.25, 0.3) is 0 Å². The molecule has 1 aromatic rings. The summed E-state index contributed by atoms with van der Waals surface area (Å²) < 4.78 is 5.50. The van der Waals surface area contributed by atoms with Crippen molar-refractivity contribution in [2.45, 2.75) is 39.3 Å². The summed E-state index contributed by atoms with van der Waals surface area (Å²) in [6.45, 7) is 7.16. The Bertz CT molecular complexity index is 311. The first-order valence-electron chi connectivity index (χ1n) is 6.22. The second kappa shape index (κ2) is 7.30. The van der Waals surface area contributed by atoms with Crippen LogP contribution in [-0.2, 0) is 0 Å². The number of benzene rings is 1. The van der Waals surface area contributed by atoms with Gasteiger partial charge in [-0.05, 0) is 32.4 Å². The van der Waals surface area contributed by atoms with E-state index in [0.29, 0.717) is 19.2 Å². The Morgan fingerprint density at radius 1 is 1.29 bits per heavy atom. The van der Waals surface area contributed by atoms with Crippen LogP contribution in [0.15, 0.2) is 24.3 Å². The number of ether oxygens (including phenoxy) is 1. The number of nitrogens with one attached hydrogen (secondary N) is 1. The van der Waals surface area contributed by atoms with Gasteiger partial charge in [0.15, 0.2) is 0 Å². The van der Waals surface area contributed by atoms with E-state index in [1.54, 1.807) is 0 Å². The van der Waals surface area contributed by atoms with E-state index in [2.05, 4.69) is 19.2 Å². The smallest absolute Gasteiger partial charge is 0.119 e. The van der Waals surface area contributed by atoms with Crippen LogP contribution in [0.5, 0.6) is 5.75 Å². The molecule has 1 aromatic carbocycles. The summed E-state index contributed by atoms with van der Waals surface area (Å²) >= 11 is 0. The topological polar surface area (TPSA) is 41.5 Å². The van der Waals surface area contributed by atoms with Gasteiger partial charge in [-0.25, -0.2) is 0 Å². The number of aliphatic hydroxyl groups excluding tert-OH is 1. The quantitative estimate of drug-likeness (QED) is 0.763. The molecule has 0 saturated carbocycles. The zero-order chi connectivity index (χ0) is 12.7. The molecule has 0 aliphatic heterocycles. The highest BCUT2D eigenvalue weighted by atomic mass is 16.5. The number of hydrogen-bond donors (Lipinski definition) is 2. The molecule has 0 radical (unpaired) electrons. The van der Waals surface area contributed by atoms with E-state index in [1.807, 2.05) is 31.2 Å². The lowest BCUT2D eigenvalue weighted by Gasteiger charge is -2.16. The molecular formula is C14H23NO2. The van der Waals surface area contributed by atoms with Crippen molar-refractivity contribution in [3.05, 3.63) is 29.8 Å². The van der Waals surface area contributed by atoms with Crippen molar-refractivity contribution in [1.82, 2.24) is 5.32 Å². The van der Waals surface area contributed by atoms with Crippen molar-refractivity contribution in [2.75, 3.05) is 13.2 Å². The van der Waals surface area contributed by atoms with Crippen LogP contribution in [0, 0.1) is 6.92 Å². The van der Waals surface area contributed by atoms with Crippen LogP contribution in [0.3, 0.4) is 0 Å². The fraction of sp³-hybridized carbons (Fsp3) is 0.571. The molecule has 17 heavy (non-hydrogen) atoms. The van der Waals surface area contributed by atoms with Gasteiger partial charge in [0, 0.05) is 12.6 Å². The molecule has 0 aliphatic carbocycles. The minimum atomic E-state index is -0.467. The minimum absolute atomic E-state index is 0.326. The summed E-state index contributed by atoms with van der Waals surface area (Å²) in [5.41, 5.74) is 1.20. The normalized spacial score (nSPS) is 14.4. The first kappa shape index (κ1) is 14.0. The summed E-state index contributed by atoms with van der Waals surface area (Å²) in [5.74, 6) is 0.804. The number of hydrogen-bond acceptors (Lipinski definition) is 3. The van der Waals surface area contributed by atoms with E-state index in [-0.39, 0.29) is 0 Å². The second-order valence-corrected chi connectivity index (χ2v) is 4.50. The standard InChI is InChI=1S/C14H23NO2/c1-4-12(3)15-9-13(16)10-17-14-7-5-11(2)6-8-14/h5-8,12-13,15-16H,4,9-10H2,1-3H3/t12-,13+/m1/s1. The molecule has 0 unspecified atom stereocenters. The predicted octanol–water partition coefficient (Wildman–Crippen LogP) is 2.12. The molecule has 96 valence electrons. The lowest BCUT2D eigenvalue weighted by atomic mass is 10.2. The Hall–Kier alpha value is -1.06. The average Bonchev–Trinajstić information content (AvgIpc) is 2.35. The molecule has 0 saturated heterocycles. The van der Waals surface area contributed by atoms with Crippen molar-refractivity contribution in [1.29, 1.82) is 0 Å². The number of aryl methyl sites for hydroxylation is 1. The fourth-order valence-corrected chi connectivity index (χ4v) is 1.37. The van der Waals surface area contributed by atoms with E-state index >= 15 is 0 Å². The number of rotatable bonds is 7. The highest BCUT2D eigenvalue weighted by Crippen LogP contribution is 2.11. The Kier molecular flexibility index (Phi) is 6.01. The van der Waals surface area contributed by atoms with Crippen molar-refractivity contribution in [3.63, 3.8) is 0 Å². The maximum Gasteiger partial charge on any atom is 0.119 e. The van der Waals surface area contributed by atoms with Crippen molar-refractivity contribution >= 4 is 0 Å². The Balaban J connectivity index is 2.23. The van der Waals surface area contributed by atoms with Gasteiger partial charge in [-0.15, -0.1) is 0 Å². The van der Waals surface area contributed by atoms with E-state index in [9.17, 15) is 5.11 Å². The maximum absolute atomic E-state index is 9.72. The molecule has 3 nitrogen and oxygen atoms in total. The van der Waals surface area contributed by atoms with Gasteiger partial charge < -0.3 is 15.2 Å². The van der Waals surface area contributed by atoms with Crippen LogP contribution in [0.25, 0.3) is 0 Å². The monoisotopic (exact) mass is 237 g/mol. The first-order valence-corrected chi connectivity index (χ1v) is 6.22. The molecule has 0 aliphatic rings. The molecule has 0 amide bonds. The van der Waals surface area contributed by atoms with Gasteiger partial charge in [-0.3, -0.25) is 0 Å². The Labute approximate surface area is 104 Å². The van der Waals surface area contributed by atoms with Crippen molar-refractivity contribution < 1.29 is 9.84 Å². The van der Waals surface area contributed by atoms with Gasteiger partial charge in [0.1, 0.15) is 18.5 Å². The van der Waals surface area contributed by atoms with E-state index in [4.69, 9.17) is 4.74 Å².